The third kappa shape index (κ3) is 5.56. The number of anilines is 2. The molecule has 0 radical (unpaired) electrons. The number of nitrogen functional groups attached to an aromatic ring is 1. The molecule has 0 heterocycles. The highest BCUT2D eigenvalue weighted by atomic mass is 35.5. The van der Waals surface area contributed by atoms with E-state index in [1.54, 1.807) is 18.2 Å². The molecule has 4 nitrogen and oxygen atoms in total. The number of carbonyl (C=O) groups excluding carboxylic acids is 1. The number of nitrogens with two attached hydrogens (primary N) is 1. The first-order valence-corrected chi connectivity index (χ1v) is 8.03. The zero-order chi connectivity index (χ0) is 15.2. The van der Waals surface area contributed by atoms with Crippen LogP contribution in [0, 0.1) is 5.92 Å². The summed E-state index contributed by atoms with van der Waals surface area (Å²) in [6.45, 7) is 5.40. The van der Waals surface area contributed by atoms with Gasteiger partial charge in [-0.1, -0.05) is 18.5 Å². The van der Waals surface area contributed by atoms with Crippen LogP contribution in [0.5, 0.6) is 0 Å². The standard InChI is InChI=1S/C16H24ClN3O/c1-2-20(11-12-5-6-12)9-3-4-16(21)19-15-8-7-13(18)10-14(15)17/h7-8,10,12H,2-6,9,11,18H2,1H3,(H,19,21). The van der Waals surface area contributed by atoms with Gasteiger partial charge in [0.2, 0.25) is 5.91 Å². The van der Waals surface area contributed by atoms with E-state index in [9.17, 15) is 4.79 Å². The fraction of sp³-hybridized carbons (Fsp3) is 0.562. The zero-order valence-corrected chi connectivity index (χ0v) is 13.3. The van der Waals surface area contributed by atoms with Crippen LogP contribution in [-0.2, 0) is 4.79 Å². The topological polar surface area (TPSA) is 58.4 Å². The second kappa shape index (κ2) is 7.66. The minimum absolute atomic E-state index is 0.00384. The van der Waals surface area contributed by atoms with Gasteiger partial charge in [-0.15, -0.1) is 0 Å². The molecule has 1 aromatic carbocycles. The van der Waals surface area contributed by atoms with Crippen molar-refractivity contribution >= 4 is 28.9 Å². The van der Waals surface area contributed by atoms with Crippen LogP contribution in [0.25, 0.3) is 0 Å². The van der Waals surface area contributed by atoms with E-state index < -0.39 is 0 Å². The van der Waals surface area contributed by atoms with Gasteiger partial charge in [-0.3, -0.25) is 4.79 Å². The second-order valence-corrected chi connectivity index (χ2v) is 6.13. The van der Waals surface area contributed by atoms with Crippen molar-refractivity contribution in [1.82, 2.24) is 4.90 Å². The molecule has 1 amide bonds. The van der Waals surface area contributed by atoms with Gasteiger partial charge < -0.3 is 16.0 Å². The molecule has 1 aliphatic carbocycles. The molecule has 0 saturated heterocycles. The molecule has 0 aliphatic heterocycles. The average Bonchev–Trinajstić information content (AvgIpc) is 3.25. The summed E-state index contributed by atoms with van der Waals surface area (Å²) in [6.07, 6.45) is 4.13. The van der Waals surface area contributed by atoms with Gasteiger partial charge in [-0.2, -0.15) is 0 Å². The third-order valence-electron chi connectivity index (χ3n) is 3.81. The van der Waals surface area contributed by atoms with E-state index in [1.165, 1.54) is 19.4 Å². The number of benzene rings is 1. The molecule has 0 unspecified atom stereocenters. The summed E-state index contributed by atoms with van der Waals surface area (Å²) in [4.78, 5) is 14.4. The maximum absolute atomic E-state index is 11.9. The van der Waals surface area contributed by atoms with Crippen molar-refractivity contribution in [2.45, 2.75) is 32.6 Å². The Labute approximate surface area is 131 Å². The number of rotatable bonds is 8. The summed E-state index contributed by atoms with van der Waals surface area (Å²) in [6, 6.07) is 5.11. The van der Waals surface area contributed by atoms with Crippen LogP contribution >= 0.6 is 11.6 Å². The number of amides is 1. The monoisotopic (exact) mass is 309 g/mol. The molecule has 1 fully saturated rings. The quantitative estimate of drug-likeness (QED) is 0.724. The van der Waals surface area contributed by atoms with Crippen molar-refractivity contribution in [3.05, 3.63) is 23.2 Å². The van der Waals surface area contributed by atoms with E-state index in [-0.39, 0.29) is 5.91 Å². The Morgan fingerprint density at radius 1 is 1.48 bits per heavy atom. The van der Waals surface area contributed by atoms with Crippen molar-refractivity contribution < 1.29 is 4.79 Å². The minimum Gasteiger partial charge on any atom is -0.399 e. The van der Waals surface area contributed by atoms with Crippen LogP contribution in [0.15, 0.2) is 18.2 Å². The first kappa shape index (κ1) is 16.1. The molecule has 21 heavy (non-hydrogen) atoms. The van der Waals surface area contributed by atoms with Crippen molar-refractivity contribution in [3.63, 3.8) is 0 Å². The molecule has 0 bridgehead atoms. The molecule has 1 aromatic rings. The molecule has 116 valence electrons. The van der Waals surface area contributed by atoms with Gasteiger partial charge in [0.25, 0.3) is 0 Å². The number of halogens is 1. The molecule has 1 aliphatic rings. The predicted octanol–water partition coefficient (Wildman–Crippen LogP) is 3.37. The van der Waals surface area contributed by atoms with E-state index in [1.807, 2.05) is 0 Å². The van der Waals surface area contributed by atoms with Crippen LogP contribution < -0.4 is 11.1 Å². The summed E-state index contributed by atoms with van der Waals surface area (Å²) in [5.74, 6) is 0.900. The minimum atomic E-state index is 0.00384. The van der Waals surface area contributed by atoms with Crippen LogP contribution in [0.1, 0.15) is 32.6 Å². The fourth-order valence-corrected chi connectivity index (χ4v) is 2.59. The van der Waals surface area contributed by atoms with Crippen LogP contribution in [0.4, 0.5) is 11.4 Å². The maximum Gasteiger partial charge on any atom is 0.224 e. The maximum atomic E-state index is 11.9. The number of carbonyl (C=O) groups is 1. The Bertz CT molecular complexity index is 488. The highest BCUT2D eigenvalue weighted by Crippen LogP contribution is 2.29. The van der Waals surface area contributed by atoms with Gasteiger partial charge in [0.1, 0.15) is 0 Å². The van der Waals surface area contributed by atoms with E-state index in [0.29, 0.717) is 22.8 Å². The van der Waals surface area contributed by atoms with E-state index in [4.69, 9.17) is 17.3 Å². The van der Waals surface area contributed by atoms with Crippen LogP contribution in [0.2, 0.25) is 5.02 Å². The third-order valence-corrected chi connectivity index (χ3v) is 4.12. The Morgan fingerprint density at radius 2 is 2.24 bits per heavy atom. The Hall–Kier alpha value is -1.26. The SMILES string of the molecule is CCN(CCCC(=O)Nc1ccc(N)cc1Cl)CC1CC1. The molecule has 0 atom stereocenters. The number of nitrogens with one attached hydrogen (secondary N) is 1. The second-order valence-electron chi connectivity index (χ2n) is 5.73. The molecule has 1 saturated carbocycles. The highest BCUT2D eigenvalue weighted by molar-refractivity contribution is 6.34. The Morgan fingerprint density at radius 3 is 2.86 bits per heavy atom. The molecule has 5 heteroatoms. The van der Waals surface area contributed by atoms with Crippen molar-refractivity contribution in [2.24, 2.45) is 5.92 Å². The van der Waals surface area contributed by atoms with Gasteiger partial charge in [0, 0.05) is 18.7 Å². The lowest BCUT2D eigenvalue weighted by Gasteiger charge is -2.19. The summed E-state index contributed by atoms with van der Waals surface area (Å²) in [5.41, 5.74) is 6.85. The molecular formula is C16H24ClN3O. The summed E-state index contributed by atoms with van der Waals surface area (Å²) in [7, 11) is 0. The van der Waals surface area contributed by atoms with Gasteiger partial charge >= 0.3 is 0 Å². The summed E-state index contributed by atoms with van der Waals surface area (Å²) >= 11 is 6.04. The average molecular weight is 310 g/mol. The lowest BCUT2D eigenvalue weighted by Crippen LogP contribution is -2.27. The smallest absolute Gasteiger partial charge is 0.224 e. The van der Waals surface area contributed by atoms with Gasteiger partial charge in [0.05, 0.1) is 10.7 Å². The van der Waals surface area contributed by atoms with E-state index in [0.717, 1.165) is 25.4 Å². The number of nitrogens with zero attached hydrogens (tertiary/aromatic N) is 1. The number of hydrogen-bond acceptors (Lipinski definition) is 3. The van der Waals surface area contributed by atoms with Crippen molar-refractivity contribution in [1.29, 1.82) is 0 Å². The Balaban J connectivity index is 1.71. The lowest BCUT2D eigenvalue weighted by atomic mass is 10.2. The first-order valence-electron chi connectivity index (χ1n) is 7.65. The van der Waals surface area contributed by atoms with E-state index in [2.05, 4.69) is 17.1 Å². The largest absolute Gasteiger partial charge is 0.399 e. The van der Waals surface area contributed by atoms with Crippen molar-refractivity contribution in [3.8, 4) is 0 Å². The Kier molecular flexibility index (Phi) is 5.88. The van der Waals surface area contributed by atoms with Gasteiger partial charge in [-0.25, -0.2) is 0 Å². The fourth-order valence-electron chi connectivity index (χ4n) is 2.35. The van der Waals surface area contributed by atoms with Crippen LogP contribution in [-0.4, -0.2) is 30.4 Å². The molecule has 0 spiro atoms. The molecule has 3 N–H and O–H groups in total. The van der Waals surface area contributed by atoms with E-state index >= 15 is 0 Å². The van der Waals surface area contributed by atoms with Gasteiger partial charge in [0.15, 0.2) is 0 Å². The lowest BCUT2D eigenvalue weighted by molar-refractivity contribution is -0.116. The highest BCUT2D eigenvalue weighted by Gasteiger charge is 2.23. The normalized spacial score (nSPS) is 14.4. The molecule has 0 aromatic heterocycles. The van der Waals surface area contributed by atoms with Crippen LogP contribution in [0.3, 0.4) is 0 Å². The van der Waals surface area contributed by atoms with Gasteiger partial charge in [-0.05, 0) is 56.5 Å². The number of hydrogen-bond donors (Lipinski definition) is 2. The first-order chi connectivity index (χ1) is 10.1. The zero-order valence-electron chi connectivity index (χ0n) is 12.6. The summed E-state index contributed by atoms with van der Waals surface area (Å²) < 4.78 is 0. The molecule has 2 rings (SSSR count). The van der Waals surface area contributed by atoms with Crippen molar-refractivity contribution in [2.75, 3.05) is 30.7 Å². The predicted molar refractivity (Wildman–Crippen MR) is 88.6 cm³/mol. The summed E-state index contributed by atoms with van der Waals surface area (Å²) in [5, 5.41) is 3.32. The molecular weight excluding hydrogens is 286 g/mol.